The molecule has 12 nitrogen and oxygen atoms in total. The number of carboxylic acid groups (broad SMARTS) is 4. The first-order chi connectivity index (χ1) is 8.93. The van der Waals surface area contributed by atoms with Crippen LogP contribution in [-0.2, 0) is 41.3 Å². The third-order valence-corrected chi connectivity index (χ3v) is 2.87. The number of hydrogen-bond acceptors (Lipinski definition) is 8. The third-order valence-electron chi connectivity index (χ3n) is 1.28. The van der Waals surface area contributed by atoms with Crippen molar-refractivity contribution in [3.63, 3.8) is 0 Å². The molecule has 0 amide bonds. The molecule has 116 valence electrons. The second-order valence-corrected chi connectivity index (χ2v) is 4.67. The topological polar surface area (TPSA) is 229 Å². The summed E-state index contributed by atoms with van der Waals surface area (Å²) >= 11 is -5.85. The predicted molar refractivity (Wildman–Crippen MR) is 54.4 cm³/mol. The van der Waals surface area contributed by atoms with Crippen molar-refractivity contribution >= 4 is 46.0 Å². The Morgan fingerprint density at radius 1 is 0.727 bits per heavy atom. The number of carbonyl (C=O) groups is 4. The fourth-order valence-corrected chi connectivity index (χ4v) is 1.21. The number of carboxylic acids is 4. The SMILES string of the molecule is O=C([O-])C(C(=O)O)S(=O)O.O=C([O-])C(C(=O)O)S(=O)O.[Na+].[Na+]. The average Bonchev–Trinajstić information content (AvgIpc) is 2.12. The molecular formula is C6H6Na2O12S2. The first kappa shape index (κ1) is 30.0. The number of hydrogen-bond donors (Lipinski definition) is 4. The van der Waals surface area contributed by atoms with Crippen molar-refractivity contribution < 1.29 is 116 Å². The summed E-state index contributed by atoms with van der Waals surface area (Å²) in [5, 5.41) is 30.6. The third kappa shape index (κ3) is 12.6. The zero-order valence-electron chi connectivity index (χ0n) is 11.0. The molecule has 0 spiro atoms. The molecule has 0 bridgehead atoms. The van der Waals surface area contributed by atoms with Crippen molar-refractivity contribution in [3.05, 3.63) is 0 Å². The van der Waals surface area contributed by atoms with Gasteiger partial charge in [0.25, 0.3) is 0 Å². The molecule has 22 heavy (non-hydrogen) atoms. The Morgan fingerprint density at radius 2 is 0.909 bits per heavy atom. The van der Waals surface area contributed by atoms with Gasteiger partial charge in [0.2, 0.25) is 0 Å². The standard InChI is InChI=1S/2C3H4O6S.2Na/c2*4-2(5)1(3(6)7)10(8)9;;/h2*1H,(H,4,5)(H,6,7)(H,8,9);;/q;;2*+1/p-2. The van der Waals surface area contributed by atoms with E-state index in [1.54, 1.807) is 0 Å². The van der Waals surface area contributed by atoms with Gasteiger partial charge in [0, 0.05) is 0 Å². The van der Waals surface area contributed by atoms with Crippen molar-refractivity contribution in [1.82, 2.24) is 0 Å². The van der Waals surface area contributed by atoms with Crippen molar-refractivity contribution in [2.24, 2.45) is 0 Å². The van der Waals surface area contributed by atoms with E-state index in [-0.39, 0.29) is 59.1 Å². The Labute approximate surface area is 171 Å². The molecule has 0 radical (unpaired) electrons. The molecule has 0 fully saturated rings. The van der Waals surface area contributed by atoms with Crippen LogP contribution in [0.25, 0.3) is 0 Å². The molecule has 4 N–H and O–H groups in total. The summed E-state index contributed by atoms with van der Waals surface area (Å²) in [5.41, 5.74) is 0. The number of carbonyl (C=O) groups excluding carboxylic acids is 2. The smallest absolute Gasteiger partial charge is 0.548 e. The van der Waals surface area contributed by atoms with Gasteiger partial charge in [-0.2, -0.15) is 0 Å². The molecule has 0 aromatic heterocycles. The first-order valence-electron chi connectivity index (χ1n) is 4.00. The van der Waals surface area contributed by atoms with Crippen molar-refractivity contribution in [2.45, 2.75) is 10.5 Å². The van der Waals surface area contributed by atoms with Gasteiger partial charge in [0.05, 0.1) is 11.9 Å². The van der Waals surface area contributed by atoms with E-state index in [2.05, 4.69) is 0 Å². The molecule has 0 aliphatic carbocycles. The van der Waals surface area contributed by atoms with Gasteiger partial charge in [-0.3, -0.25) is 9.59 Å². The van der Waals surface area contributed by atoms with E-state index in [4.69, 9.17) is 19.3 Å². The molecular weight excluding hydrogens is 374 g/mol. The van der Waals surface area contributed by atoms with Gasteiger partial charge in [-0.15, -0.1) is 0 Å². The van der Waals surface area contributed by atoms with Gasteiger partial charge >= 0.3 is 71.1 Å². The Bertz CT molecular complexity index is 356. The van der Waals surface area contributed by atoms with E-state index in [9.17, 15) is 37.8 Å². The van der Waals surface area contributed by atoms with E-state index < -0.39 is 56.5 Å². The second-order valence-electron chi connectivity index (χ2n) is 2.63. The molecule has 0 aromatic rings. The minimum absolute atomic E-state index is 0. The fraction of sp³-hybridized carbons (Fsp3) is 0.333. The monoisotopic (exact) mass is 380 g/mol. The minimum Gasteiger partial charge on any atom is -0.548 e. The van der Waals surface area contributed by atoms with Gasteiger partial charge in [-0.05, 0) is 0 Å². The van der Waals surface area contributed by atoms with E-state index in [1.165, 1.54) is 0 Å². The van der Waals surface area contributed by atoms with Crippen molar-refractivity contribution in [3.8, 4) is 0 Å². The molecule has 0 aliphatic rings. The molecule has 16 heteroatoms. The maximum absolute atomic E-state index is 9.89. The maximum atomic E-state index is 9.89. The molecule has 0 saturated carbocycles. The van der Waals surface area contributed by atoms with E-state index in [0.717, 1.165) is 0 Å². The van der Waals surface area contributed by atoms with Gasteiger partial charge in [-0.1, -0.05) is 0 Å². The van der Waals surface area contributed by atoms with Crippen molar-refractivity contribution in [1.29, 1.82) is 0 Å². The molecule has 0 aliphatic heterocycles. The summed E-state index contributed by atoms with van der Waals surface area (Å²) in [7, 11) is 0. The molecule has 4 atom stereocenters. The fourth-order valence-electron chi connectivity index (χ4n) is 0.539. The van der Waals surface area contributed by atoms with Gasteiger partial charge in [-0.25, -0.2) is 8.42 Å². The van der Waals surface area contributed by atoms with Crippen LogP contribution in [0.3, 0.4) is 0 Å². The average molecular weight is 380 g/mol. The number of rotatable bonds is 6. The van der Waals surface area contributed by atoms with Crippen LogP contribution in [0.4, 0.5) is 0 Å². The second kappa shape index (κ2) is 14.7. The van der Waals surface area contributed by atoms with Crippen LogP contribution in [0.15, 0.2) is 0 Å². The maximum Gasteiger partial charge on any atom is 1.00 e. The van der Waals surface area contributed by atoms with Crippen LogP contribution >= 0.6 is 0 Å². The molecule has 0 aromatic carbocycles. The van der Waals surface area contributed by atoms with Crippen LogP contribution < -0.4 is 69.3 Å². The zero-order valence-corrected chi connectivity index (χ0v) is 16.7. The van der Waals surface area contributed by atoms with Crippen LogP contribution in [-0.4, -0.2) is 62.1 Å². The van der Waals surface area contributed by atoms with E-state index in [1.807, 2.05) is 0 Å². The van der Waals surface area contributed by atoms with Crippen LogP contribution in [0.1, 0.15) is 0 Å². The van der Waals surface area contributed by atoms with E-state index in [0.29, 0.717) is 0 Å². The summed E-state index contributed by atoms with van der Waals surface area (Å²) in [5.74, 6) is -7.93. The van der Waals surface area contributed by atoms with Crippen molar-refractivity contribution in [2.75, 3.05) is 0 Å². The Hall–Kier alpha value is 0.1000. The van der Waals surface area contributed by atoms with Gasteiger partial charge in [0.15, 0.2) is 32.7 Å². The van der Waals surface area contributed by atoms with E-state index >= 15 is 0 Å². The minimum atomic E-state index is -2.93. The van der Waals surface area contributed by atoms with Gasteiger partial charge in [0.1, 0.15) is 0 Å². The summed E-state index contributed by atoms with van der Waals surface area (Å²) in [6.07, 6.45) is 0. The summed E-state index contributed by atoms with van der Waals surface area (Å²) in [6.45, 7) is 0. The van der Waals surface area contributed by atoms with Crippen LogP contribution in [0, 0.1) is 0 Å². The molecule has 4 unspecified atom stereocenters. The first-order valence-corrected chi connectivity index (χ1v) is 6.34. The van der Waals surface area contributed by atoms with Gasteiger partial charge < -0.3 is 39.1 Å². The molecule has 0 heterocycles. The Kier molecular flexibility index (Phi) is 20.0. The Morgan fingerprint density at radius 3 is 0.909 bits per heavy atom. The van der Waals surface area contributed by atoms with Crippen LogP contribution in [0.2, 0.25) is 0 Å². The normalized spacial score (nSPS) is 14.3. The largest absolute Gasteiger partial charge is 1.00 e. The predicted octanol–water partition coefficient (Wildman–Crippen LogP) is -11.2. The summed E-state index contributed by atoms with van der Waals surface area (Å²) < 4.78 is 35.8. The summed E-state index contributed by atoms with van der Waals surface area (Å²) in [6, 6.07) is 0. The molecule has 0 saturated heterocycles. The van der Waals surface area contributed by atoms with Crippen LogP contribution in [0.5, 0.6) is 0 Å². The quantitative estimate of drug-likeness (QED) is 0.191. The Balaban J connectivity index is -0.000000135. The zero-order chi connectivity index (χ0) is 16.6. The summed E-state index contributed by atoms with van der Waals surface area (Å²) in [4.78, 5) is 39.1. The molecule has 0 rings (SSSR count). The number of aliphatic carboxylic acids is 4.